The Labute approximate surface area is 158 Å². The van der Waals surface area contributed by atoms with Crippen LogP contribution in [0.3, 0.4) is 0 Å². The molecule has 0 saturated carbocycles. The molecule has 0 spiro atoms. The molecule has 0 aromatic heterocycles. The van der Waals surface area contributed by atoms with Crippen LogP contribution in [-0.2, 0) is 21.1 Å². The molecule has 1 aliphatic carbocycles. The van der Waals surface area contributed by atoms with Crippen LogP contribution in [0.2, 0.25) is 0 Å². The fraction of sp³-hybridized carbons (Fsp3) is 0.722. The van der Waals surface area contributed by atoms with Gasteiger partial charge in [0.05, 0.1) is 0 Å². The topological polar surface area (TPSA) is 87.0 Å². The van der Waals surface area contributed by atoms with Crippen molar-refractivity contribution in [1.29, 1.82) is 0 Å². The van der Waals surface area contributed by atoms with Crippen LogP contribution in [0.15, 0.2) is 22.3 Å². The zero-order chi connectivity index (χ0) is 18.9. The normalized spacial score (nSPS) is 14.7. The maximum absolute atomic E-state index is 7.25. The van der Waals surface area contributed by atoms with Crippen LogP contribution < -0.4 is 0 Å². The fourth-order valence-corrected chi connectivity index (χ4v) is 1.41. The molecular formula is C18H35MoN3O. The number of nitroso groups, excluding NO2 is 1. The summed E-state index contributed by atoms with van der Waals surface area (Å²) < 4.78 is 0. The largest absolute Gasteiger partial charge is 3.00 e. The first-order valence-corrected chi connectivity index (χ1v) is 7.43. The summed E-state index contributed by atoms with van der Waals surface area (Å²) >= 11 is 0. The van der Waals surface area contributed by atoms with E-state index in [4.69, 9.17) is 22.0 Å². The van der Waals surface area contributed by atoms with Gasteiger partial charge in [0.25, 0.3) is 0 Å². The molecular weight excluding hydrogens is 370 g/mol. The number of nitrogens with one attached hydrogen (secondary N) is 2. The van der Waals surface area contributed by atoms with E-state index in [-0.39, 0.29) is 32.1 Å². The average molecular weight is 405 g/mol. The Hall–Kier alpha value is -0.312. The van der Waals surface area contributed by atoms with Crippen LogP contribution in [0.4, 0.5) is 0 Å². The summed E-state index contributed by atoms with van der Waals surface area (Å²) in [5.74, 6) is 1.47. The standard InChI is InChI=1S/C10H15.2C4H10N.Mo.NO/c1-6-7(2)9(4)10(5)8(6)3;2*1-4(2,3)5;;1-2/h1-5H3;2*5H,1-3H3;;/q;2*-1;+3;-1. The van der Waals surface area contributed by atoms with Crippen molar-refractivity contribution in [2.75, 3.05) is 0 Å². The van der Waals surface area contributed by atoms with Gasteiger partial charge in [-0.25, -0.2) is 0 Å². The Balaban J connectivity index is -0.000000120. The number of hydrogen-bond donors (Lipinski definition) is 0. The quantitative estimate of drug-likeness (QED) is 0.390. The smallest absolute Gasteiger partial charge is 0.673 e. The molecule has 0 atom stereocenters. The summed E-state index contributed by atoms with van der Waals surface area (Å²) in [4.78, 5) is 7.25. The second-order valence-electron chi connectivity index (χ2n) is 7.62. The number of nitrogens with zero attached hydrogens (tertiary/aromatic N) is 1. The van der Waals surface area contributed by atoms with Gasteiger partial charge in [-0.3, -0.25) is 0 Å². The predicted molar refractivity (Wildman–Crippen MR) is 101 cm³/mol. The summed E-state index contributed by atoms with van der Waals surface area (Å²) in [5, 5.41) is 0. The van der Waals surface area contributed by atoms with Crippen molar-refractivity contribution in [2.45, 2.75) is 87.2 Å². The third-order valence-corrected chi connectivity index (χ3v) is 2.81. The Morgan fingerprint density at radius 3 is 0.783 bits per heavy atom. The van der Waals surface area contributed by atoms with Crippen molar-refractivity contribution in [3.8, 4) is 0 Å². The van der Waals surface area contributed by atoms with Gasteiger partial charge in [-0.15, -0.1) is 11.1 Å². The van der Waals surface area contributed by atoms with Gasteiger partial charge < -0.3 is 22.0 Å². The molecule has 0 unspecified atom stereocenters. The molecule has 2 N–H and O–H groups in total. The molecule has 4 nitrogen and oxygen atoms in total. The van der Waals surface area contributed by atoms with Gasteiger partial charge in [-0.05, 0) is 38.8 Å². The van der Waals surface area contributed by atoms with Crippen LogP contribution in [0.1, 0.15) is 76.2 Å². The molecule has 134 valence electrons. The van der Waals surface area contributed by atoms with Crippen LogP contribution in [-0.4, -0.2) is 11.1 Å². The third kappa shape index (κ3) is 21.7. The number of allylic oxidation sites excluding steroid dienone is 4. The Morgan fingerprint density at radius 2 is 0.739 bits per heavy atom. The zero-order valence-corrected chi connectivity index (χ0v) is 18.8. The van der Waals surface area contributed by atoms with Gasteiger partial charge in [0.1, 0.15) is 0 Å². The second-order valence-corrected chi connectivity index (χ2v) is 7.62. The molecule has 0 bridgehead atoms. The van der Waals surface area contributed by atoms with E-state index in [1.54, 1.807) is 0 Å². The molecule has 0 amide bonds. The van der Waals surface area contributed by atoms with Crippen molar-refractivity contribution in [3.63, 3.8) is 0 Å². The Morgan fingerprint density at radius 1 is 0.609 bits per heavy atom. The molecule has 0 aromatic rings. The Kier molecular flexibility index (Phi) is 17.3. The molecule has 1 aliphatic rings. The van der Waals surface area contributed by atoms with E-state index in [0.717, 1.165) is 0 Å². The van der Waals surface area contributed by atoms with Crippen molar-refractivity contribution >= 4 is 0 Å². The van der Waals surface area contributed by atoms with Gasteiger partial charge in [-0.2, -0.15) is 0 Å². The maximum atomic E-state index is 7.25. The Bertz CT molecular complexity index is 340. The van der Waals surface area contributed by atoms with E-state index < -0.39 is 0 Å². The molecule has 0 heterocycles. The third-order valence-electron chi connectivity index (χ3n) is 2.81. The van der Waals surface area contributed by atoms with E-state index in [9.17, 15) is 0 Å². The first kappa shape index (κ1) is 30.6. The fourth-order valence-electron chi connectivity index (χ4n) is 1.41. The number of hydrogen-bond acceptors (Lipinski definition) is 1. The SMILES string of the molecule is CC(C)(C)[NH-].CC(C)(C)[NH-].C[C]1C(C)=C(C)C(C)=C1C.[Mo+3].[N-]=O. The molecule has 2 radical (unpaired) electrons. The zero-order valence-electron chi connectivity index (χ0n) is 16.8. The molecule has 0 aliphatic heterocycles. The first-order chi connectivity index (χ1) is 9.55. The minimum atomic E-state index is -0.250. The van der Waals surface area contributed by atoms with E-state index in [0.29, 0.717) is 0 Å². The van der Waals surface area contributed by atoms with Crippen molar-refractivity contribution in [2.24, 2.45) is 0 Å². The van der Waals surface area contributed by atoms with E-state index in [1.165, 1.54) is 28.2 Å². The number of rotatable bonds is 0. The summed E-state index contributed by atoms with van der Waals surface area (Å²) in [6.07, 6.45) is 0. The van der Waals surface area contributed by atoms with Gasteiger partial charge in [0, 0.05) is 5.92 Å². The molecule has 23 heavy (non-hydrogen) atoms. The molecule has 5 heteroatoms. The summed E-state index contributed by atoms with van der Waals surface area (Å²) in [6, 6.07) is 0. The minimum Gasteiger partial charge on any atom is -0.673 e. The van der Waals surface area contributed by atoms with Gasteiger partial charge in [-0.1, -0.05) is 59.6 Å². The monoisotopic (exact) mass is 407 g/mol. The van der Waals surface area contributed by atoms with E-state index >= 15 is 0 Å². The summed E-state index contributed by atoms with van der Waals surface area (Å²) in [6.45, 7) is 22.1. The summed E-state index contributed by atoms with van der Waals surface area (Å²) in [7, 11) is 0. The maximum Gasteiger partial charge on any atom is 3.00 e. The summed E-state index contributed by atoms with van der Waals surface area (Å²) in [5.41, 5.74) is 25.0. The predicted octanol–water partition coefficient (Wildman–Crippen LogP) is 7.26. The van der Waals surface area contributed by atoms with E-state index in [2.05, 4.69) is 34.6 Å². The van der Waals surface area contributed by atoms with Crippen molar-refractivity contribution in [1.82, 2.24) is 0 Å². The molecule has 1 rings (SSSR count). The van der Waals surface area contributed by atoms with Crippen molar-refractivity contribution in [3.05, 3.63) is 50.2 Å². The van der Waals surface area contributed by atoms with E-state index in [1.807, 2.05) is 41.5 Å². The van der Waals surface area contributed by atoms with Gasteiger partial charge >= 0.3 is 21.1 Å². The minimum absolute atomic E-state index is 0. The molecule has 0 fully saturated rings. The average Bonchev–Trinajstić information content (AvgIpc) is 2.46. The van der Waals surface area contributed by atoms with Gasteiger partial charge in [0.2, 0.25) is 0 Å². The van der Waals surface area contributed by atoms with Crippen LogP contribution >= 0.6 is 0 Å². The van der Waals surface area contributed by atoms with Crippen LogP contribution in [0.5, 0.6) is 0 Å². The second kappa shape index (κ2) is 13.0. The van der Waals surface area contributed by atoms with Crippen LogP contribution in [0, 0.1) is 10.8 Å². The molecule has 0 saturated heterocycles. The van der Waals surface area contributed by atoms with Crippen LogP contribution in [0.25, 0.3) is 17.1 Å². The molecule has 0 aromatic carbocycles. The van der Waals surface area contributed by atoms with Crippen molar-refractivity contribution < 1.29 is 21.1 Å². The van der Waals surface area contributed by atoms with Gasteiger partial charge in [0.15, 0.2) is 0 Å². The first-order valence-electron chi connectivity index (χ1n) is 7.43.